The van der Waals surface area contributed by atoms with E-state index in [-0.39, 0.29) is 0 Å². The molecule has 156 valence electrons. The highest BCUT2D eigenvalue weighted by Crippen LogP contribution is 2.18. The second kappa shape index (κ2) is 11.4. The average molecular weight is 387 g/mol. The van der Waals surface area contributed by atoms with Gasteiger partial charge >= 0.3 is 0 Å². The molecule has 0 aliphatic carbocycles. The van der Waals surface area contributed by atoms with Crippen molar-refractivity contribution in [2.45, 2.75) is 65.1 Å². The Bertz CT molecular complexity index is 604. The molecule has 3 rings (SSSR count). The van der Waals surface area contributed by atoms with Gasteiger partial charge in [-0.1, -0.05) is 30.7 Å². The fourth-order valence-corrected chi connectivity index (χ4v) is 4.28. The number of nitrogens with zero attached hydrogens (tertiary/aromatic N) is 3. The van der Waals surface area contributed by atoms with Gasteiger partial charge in [-0.2, -0.15) is 0 Å². The van der Waals surface area contributed by atoms with Gasteiger partial charge in [-0.25, -0.2) is 4.99 Å². The molecule has 2 aliphatic heterocycles. The molecule has 0 atom stereocenters. The Morgan fingerprint density at radius 3 is 2.43 bits per heavy atom. The molecule has 2 saturated heterocycles. The van der Waals surface area contributed by atoms with Crippen LogP contribution < -0.4 is 5.32 Å². The molecule has 1 aromatic rings. The largest absolute Gasteiger partial charge is 0.378 e. The molecule has 1 N–H and O–H groups in total. The first-order valence-corrected chi connectivity index (χ1v) is 11.2. The third-order valence-corrected chi connectivity index (χ3v) is 5.84. The number of benzene rings is 1. The Labute approximate surface area is 171 Å². The van der Waals surface area contributed by atoms with E-state index >= 15 is 0 Å². The maximum absolute atomic E-state index is 5.80. The quantitative estimate of drug-likeness (QED) is 0.574. The summed E-state index contributed by atoms with van der Waals surface area (Å²) in [6, 6.07) is 8.83. The first-order chi connectivity index (χ1) is 13.8. The Hall–Kier alpha value is -1.59. The van der Waals surface area contributed by atoms with Crippen molar-refractivity contribution < 1.29 is 4.74 Å². The fourth-order valence-electron chi connectivity index (χ4n) is 4.28. The summed E-state index contributed by atoms with van der Waals surface area (Å²) in [5, 5.41) is 3.49. The molecule has 2 fully saturated rings. The van der Waals surface area contributed by atoms with Crippen LogP contribution in [0.5, 0.6) is 0 Å². The molecule has 2 aliphatic rings. The molecule has 0 aromatic heterocycles. The Balaban J connectivity index is 1.63. The molecule has 5 nitrogen and oxygen atoms in total. The second-order valence-electron chi connectivity index (χ2n) is 7.92. The van der Waals surface area contributed by atoms with Gasteiger partial charge in [0.05, 0.1) is 12.6 Å². The van der Waals surface area contributed by atoms with Crippen LogP contribution in [0.3, 0.4) is 0 Å². The number of piperidine rings is 2. The van der Waals surface area contributed by atoms with Crippen molar-refractivity contribution in [1.29, 1.82) is 0 Å². The van der Waals surface area contributed by atoms with Gasteiger partial charge in [-0.15, -0.1) is 0 Å². The van der Waals surface area contributed by atoms with Crippen LogP contribution in [0.25, 0.3) is 0 Å². The first-order valence-electron chi connectivity index (χ1n) is 11.2. The fraction of sp³-hybridized carbons (Fsp3) is 0.696. The predicted molar refractivity (Wildman–Crippen MR) is 117 cm³/mol. The zero-order valence-electron chi connectivity index (χ0n) is 17.8. The normalized spacial score (nSPS) is 19.8. The maximum atomic E-state index is 5.80. The summed E-state index contributed by atoms with van der Waals surface area (Å²) in [5.74, 6) is 1.05. The number of hydrogen-bond donors (Lipinski definition) is 1. The lowest BCUT2D eigenvalue weighted by molar-refractivity contribution is 0.0263. The monoisotopic (exact) mass is 386 g/mol. The van der Waals surface area contributed by atoms with Crippen LogP contribution in [0.15, 0.2) is 29.3 Å². The van der Waals surface area contributed by atoms with E-state index < -0.39 is 0 Å². The van der Waals surface area contributed by atoms with E-state index in [4.69, 9.17) is 9.73 Å². The Kier molecular flexibility index (Phi) is 8.62. The highest BCUT2D eigenvalue weighted by Gasteiger charge is 2.21. The van der Waals surface area contributed by atoms with Crippen molar-refractivity contribution in [3.63, 3.8) is 0 Å². The molecule has 0 saturated carbocycles. The van der Waals surface area contributed by atoms with Gasteiger partial charge in [0, 0.05) is 32.8 Å². The van der Waals surface area contributed by atoms with Crippen molar-refractivity contribution in [1.82, 2.24) is 15.1 Å². The van der Waals surface area contributed by atoms with Gasteiger partial charge in [0.15, 0.2) is 5.96 Å². The van der Waals surface area contributed by atoms with Crippen molar-refractivity contribution in [2.24, 2.45) is 4.99 Å². The Morgan fingerprint density at radius 2 is 1.75 bits per heavy atom. The number of guanidine groups is 1. The van der Waals surface area contributed by atoms with Gasteiger partial charge in [0.2, 0.25) is 0 Å². The zero-order chi connectivity index (χ0) is 19.6. The second-order valence-corrected chi connectivity index (χ2v) is 7.92. The maximum Gasteiger partial charge on any atom is 0.194 e. The van der Waals surface area contributed by atoms with Crippen molar-refractivity contribution in [2.75, 3.05) is 39.3 Å². The molecule has 0 spiro atoms. The number of nitrogens with one attached hydrogen (secondary N) is 1. The lowest BCUT2D eigenvalue weighted by Crippen LogP contribution is -2.47. The average Bonchev–Trinajstić information content (AvgIpc) is 2.74. The molecule has 5 heteroatoms. The minimum Gasteiger partial charge on any atom is -0.378 e. The van der Waals surface area contributed by atoms with Crippen molar-refractivity contribution in [3.8, 4) is 0 Å². The lowest BCUT2D eigenvalue weighted by atomic mass is 10.1. The van der Waals surface area contributed by atoms with E-state index in [0.717, 1.165) is 58.1 Å². The third-order valence-electron chi connectivity index (χ3n) is 5.84. The predicted octanol–water partition coefficient (Wildman–Crippen LogP) is 3.64. The Morgan fingerprint density at radius 1 is 1.04 bits per heavy atom. The molecule has 28 heavy (non-hydrogen) atoms. The number of aliphatic imine (C=N–C) groups is 1. The van der Waals surface area contributed by atoms with E-state index in [0.29, 0.717) is 6.10 Å². The summed E-state index contributed by atoms with van der Waals surface area (Å²) in [7, 11) is 0. The van der Waals surface area contributed by atoms with Crippen LogP contribution >= 0.6 is 0 Å². The van der Waals surface area contributed by atoms with Crippen LogP contribution in [-0.2, 0) is 17.8 Å². The summed E-state index contributed by atoms with van der Waals surface area (Å²) in [4.78, 5) is 9.99. The van der Waals surface area contributed by atoms with Crippen molar-refractivity contribution in [3.05, 3.63) is 35.4 Å². The number of hydrogen-bond acceptors (Lipinski definition) is 3. The van der Waals surface area contributed by atoms with Crippen molar-refractivity contribution >= 4 is 5.96 Å². The molecule has 0 unspecified atom stereocenters. The van der Waals surface area contributed by atoms with E-state index in [1.165, 1.54) is 43.5 Å². The highest BCUT2D eigenvalue weighted by atomic mass is 16.5. The van der Waals surface area contributed by atoms with E-state index in [9.17, 15) is 0 Å². The van der Waals surface area contributed by atoms with E-state index in [2.05, 4.69) is 53.2 Å². The van der Waals surface area contributed by atoms with E-state index in [1.54, 1.807) is 0 Å². The van der Waals surface area contributed by atoms with Gasteiger partial charge in [0.25, 0.3) is 0 Å². The van der Waals surface area contributed by atoms with Crippen LogP contribution in [-0.4, -0.2) is 61.2 Å². The number of likely N-dealkylation sites (tertiary alicyclic amines) is 2. The standard InChI is InChI=1S/C23H38N4O/c1-3-24-23(27-16-12-22(13-17-27)28-4-2)25-18-20-10-6-7-11-21(20)19-26-14-8-5-9-15-26/h6-7,10-11,22H,3-5,8-9,12-19H2,1-2H3,(H,24,25). The minimum absolute atomic E-state index is 0.411. The summed E-state index contributed by atoms with van der Waals surface area (Å²) in [6.07, 6.45) is 6.64. The van der Waals surface area contributed by atoms with Crippen LogP contribution in [0.2, 0.25) is 0 Å². The molecule has 2 heterocycles. The number of ether oxygens (including phenoxy) is 1. The molecule has 1 aromatic carbocycles. The van der Waals surface area contributed by atoms with Gasteiger partial charge in [0.1, 0.15) is 0 Å². The smallest absolute Gasteiger partial charge is 0.194 e. The summed E-state index contributed by atoms with van der Waals surface area (Å²) in [5.41, 5.74) is 2.78. The van der Waals surface area contributed by atoms with E-state index in [1.807, 2.05) is 0 Å². The van der Waals surface area contributed by atoms with Gasteiger partial charge in [-0.05, 0) is 63.7 Å². The minimum atomic E-state index is 0.411. The molecular formula is C23H38N4O. The molecule has 0 amide bonds. The van der Waals surface area contributed by atoms with Crippen LogP contribution in [0, 0.1) is 0 Å². The van der Waals surface area contributed by atoms with Gasteiger partial charge in [-0.3, -0.25) is 4.90 Å². The first kappa shape index (κ1) is 21.1. The summed E-state index contributed by atoms with van der Waals surface area (Å²) < 4.78 is 5.80. The SMILES string of the molecule is CCNC(=NCc1ccccc1CN1CCCCC1)N1CCC(OCC)CC1. The summed E-state index contributed by atoms with van der Waals surface area (Å²) in [6.45, 7) is 12.2. The highest BCUT2D eigenvalue weighted by molar-refractivity contribution is 5.80. The van der Waals surface area contributed by atoms with Crippen LogP contribution in [0.4, 0.5) is 0 Å². The number of rotatable bonds is 7. The summed E-state index contributed by atoms with van der Waals surface area (Å²) >= 11 is 0. The topological polar surface area (TPSA) is 40.1 Å². The third kappa shape index (κ3) is 6.21. The molecular weight excluding hydrogens is 348 g/mol. The lowest BCUT2D eigenvalue weighted by Gasteiger charge is -2.34. The van der Waals surface area contributed by atoms with Crippen LogP contribution in [0.1, 0.15) is 57.1 Å². The molecule has 0 bridgehead atoms. The zero-order valence-corrected chi connectivity index (χ0v) is 17.8. The van der Waals surface area contributed by atoms with Gasteiger partial charge < -0.3 is 15.0 Å². The molecule has 0 radical (unpaired) electrons.